The van der Waals surface area contributed by atoms with Crippen LogP contribution < -0.4 is 16.6 Å². The zero-order chi connectivity index (χ0) is 11.4. The fraction of sp³-hybridized carbons (Fsp3) is 0.111. The summed E-state index contributed by atoms with van der Waals surface area (Å²) in [5.74, 6) is -1.38. The lowest BCUT2D eigenvalue weighted by Gasteiger charge is -2.06. The first-order valence-corrected chi connectivity index (χ1v) is 4.13. The molecule has 1 aromatic rings. The monoisotopic (exact) mass is 211 g/mol. The van der Waals surface area contributed by atoms with Crippen LogP contribution in [0.2, 0.25) is 0 Å². The average Bonchev–Trinajstić information content (AvgIpc) is 2.18. The lowest BCUT2D eigenvalue weighted by Crippen LogP contribution is -2.44. The Morgan fingerprint density at radius 3 is 2.60 bits per heavy atom. The van der Waals surface area contributed by atoms with E-state index >= 15 is 0 Å². The van der Waals surface area contributed by atoms with Gasteiger partial charge in [-0.15, -0.1) is 0 Å². The van der Waals surface area contributed by atoms with E-state index in [1.165, 1.54) is 25.1 Å². The van der Waals surface area contributed by atoms with Crippen LogP contribution in [0.15, 0.2) is 18.2 Å². The Kier molecular flexibility index (Phi) is 3.22. The molecule has 0 aromatic heterocycles. The minimum atomic E-state index is -0.920. The second-order valence-corrected chi connectivity index (χ2v) is 2.88. The Balaban J connectivity index is 2.82. The molecule has 3 amide bonds. The first-order valence-electron chi connectivity index (χ1n) is 4.13. The number of urea groups is 1. The van der Waals surface area contributed by atoms with Gasteiger partial charge in [0.25, 0.3) is 5.91 Å². The molecule has 0 atom stereocenters. The smallest absolute Gasteiger partial charge is 0.330 e. The molecule has 0 saturated heterocycles. The van der Waals surface area contributed by atoms with E-state index in [4.69, 9.17) is 5.73 Å². The average molecular weight is 211 g/mol. The van der Waals surface area contributed by atoms with E-state index in [0.717, 1.165) is 0 Å². The van der Waals surface area contributed by atoms with Crippen LogP contribution in [-0.4, -0.2) is 11.9 Å². The highest BCUT2D eigenvalue weighted by Gasteiger charge is 2.12. The van der Waals surface area contributed by atoms with Gasteiger partial charge in [-0.05, 0) is 18.6 Å². The minimum Gasteiger partial charge on any atom is -0.350 e. The van der Waals surface area contributed by atoms with Gasteiger partial charge < -0.3 is 5.73 Å². The van der Waals surface area contributed by atoms with E-state index in [1.54, 1.807) is 0 Å². The number of carbonyl (C=O) groups is 2. The van der Waals surface area contributed by atoms with Gasteiger partial charge in [0.15, 0.2) is 0 Å². The first kappa shape index (κ1) is 11.0. The molecule has 0 aliphatic heterocycles. The number of benzene rings is 1. The molecule has 0 bridgehead atoms. The quantitative estimate of drug-likeness (QED) is 0.589. The molecule has 0 aliphatic rings. The second kappa shape index (κ2) is 4.41. The summed E-state index contributed by atoms with van der Waals surface area (Å²) in [4.78, 5) is 21.6. The maximum absolute atomic E-state index is 13.4. The van der Waals surface area contributed by atoms with Crippen LogP contribution in [-0.2, 0) is 0 Å². The second-order valence-electron chi connectivity index (χ2n) is 2.88. The minimum absolute atomic E-state index is 0.149. The van der Waals surface area contributed by atoms with Crippen molar-refractivity contribution in [3.05, 3.63) is 35.1 Å². The van der Waals surface area contributed by atoms with Crippen LogP contribution in [0.1, 0.15) is 15.9 Å². The maximum atomic E-state index is 13.4. The van der Waals surface area contributed by atoms with E-state index < -0.39 is 17.8 Å². The van der Waals surface area contributed by atoms with Gasteiger partial charge in [-0.3, -0.25) is 10.2 Å². The number of hydrogen-bond donors (Lipinski definition) is 3. The third-order valence-corrected chi connectivity index (χ3v) is 1.74. The predicted molar refractivity (Wildman–Crippen MR) is 51.3 cm³/mol. The predicted octanol–water partition coefficient (Wildman–Crippen LogP) is 0.447. The molecule has 0 heterocycles. The number of rotatable bonds is 1. The van der Waals surface area contributed by atoms with E-state index in [1.807, 2.05) is 10.9 Å². The van der Waals surface area contributed by atoms with Gasteiger partial charge in [0, 0.05) is 0 Å². The molecule has 0 fully saturated rings. The number of nitrogens with two attached hydrogens (primary N) is 1. The molecule has 0 radical (unpaired) electrons. The van der Waals surface area contributed by atoms with Crippen molar-refractivity contribution >= 4 is 11.9 Å². The fourth-order valence-electron chi connectivity index (χ4n) is 1.01. The SMILES string of the molecule is Cc1cccc(C(=O)NNC(N)=O)c1F. The van der Waals surface area contributed by atoms with Crippen molar-refractivity contribution in [3.8, 4) is 0 Å². The molecule has 0 spiro atoms. The summed E-state index contributed by atoms with van der Waals surface area (Å²) in [5.41, 5.74) is 8.75. The van der Waals surface area contributed by atoms with Crippen molar-refractivity contribution in [2.24, 2.45) is 5.73 Å². The maximum Gasteiger partial charge on any atom is 0.330 e. The van der Waals surface area contributed by atoms with Gasteiger partial charge in [0.1, 0.15) is 5.82 Å². The molecule has 1 aromatic carbocycles. The Morgan fingerprint density at radius 2 is 2.00 bits per heavy atom. The summed E-state index contributed by atoms with van der Waals surface area (Å²) in [5, 5.41) is 0. The number of nitrogens with one attached hydrogen (secondary N) is 2. The van der Waals surface area contributed by atoms with E-state index in [2.05, 4.69) is 0 Å². The van der Waals surface area contributed by atoms with Crippen molar-refractivity contribution < 1.29 is 14.0 Å². The highest BCUT2D eigenvalue weighted by Crippen LogP contribution is 2.11. The van der Waals surface area contributed by atoms with Crippen molar-refractivity contribution in [3.63, 3.8) is 0 Å². The first-order chi connectivity index (χ1) is 7.02. The molecular formula is C9H10FN3O2. The molecule has 1 rings (SSSR count). The van der Waals surface area contributed by atoms with Gasteiger partial charge in [-0.2, -0.15) is 0 Å². The lowest BCUT2D eigenvalue weighted by atomic mass is 10.1. The number of amides is 3. The van der Waals surface area contributed by atoms with Gasteiger partial charge in [-0.25, -0.2) is 14.6 Å². The number of halogens is 1. The largest absolute Gasteiger partial charge is 0.350 e. The summed E-state index contributed by atoms with van der Waals surface area (Å²) in [6.45, 7) is 1.54. The summed E-state index contributed by atoms with van der Waals surface area (Å²) in [6.07, 6.45) is 0. The molecule has 15 heavy (non-hydrogen) atoms. The van der Waals surface area contributed by atoms with Crippen molar-refractivity contribution in [1.82, 2.24) is 10.9 Å². The molecule has 6 heteroatoms. The molecule has 5 nitrogen and oxygen atoms in total. The van der Waals surface area contributed by atoms with Crippen LogP contribution in [0, 0.1) is 12.7 Å². The van der Waals surface area contributed by atoms with Gasteiger partial charge in [0.2, 0.25) is 0 Å². The summed E-state index contributed by atoms with van der Waals surface area (Å²) in [6, 6.07) is 3.46. The molecule has 0 saturated carbocycles. The molecule has 0 aliphatic carbocycles. The standard InChI is InChI=1S/C9H10FN3O2/c1-5-3-2-4-6(7(5)10)8(14)12-13-9(11)15/h2-4H,1H3,(H,12,14)(H3,11,13,15). The van der Waals surface area contributed by atoms with Gasteiger partial charge in [0.05, 0.1) is 5.56 Å². The summed E-state index contributed by atoms with van der Waals surface area (Å²) >= 11 is 0. The lowest BCUT2D eigenvalue weighted by molar-refractivity contribution is 0.0933. The molecule has 80 valence electrons. The third kappa shape index (κ3) is 2.67. The fourth-order valence-corrected chi connectivity index (χ4v) is 1.01. The van der Waals surface area contributed by atoms with Crippen LogP contribution >= 0.6 is 0 Å². The van der Waals surface area contributed by atoms with Crippen LogP contribution in [0.5, 0.6) is 0 Å². The van der Waals surface area contributed by atoms with Crippen molar-refractivity contribution in [2.45, 2.75) is 6.92 Å². The highest BCUT2D eigenvalue weighted by molar-refractivity contribution is 5.95. The Labute approximate surface area is 85.4 Å². The normalized spacial score (nSPS) is 9.47. The summed E-state index contributed by atoms with van der Waals surface area (Å²) in [7, 11) is 0. The van der Waals surface area contributed by atoms with Crippen molar-refractivity contribution in [1.29, 1.82) is 0 Å². The Hall–Kier alpha value is -2.11. The van der Waals surface area contributed by atoms with Crippen LogP contribution in [0.3, 0.4) is 0 Å². The Morgan fingerprint density at radius 1 is 1.33 bits per heavy atom. The molecule has 0 unspecified atom stereocenters. The number of primary amides is 1. The van der Waals surface area contributed by atoms with Crippen LogP contribution in [0.4, 0.5) is 9.18 Å². The van der Waals surface area contributed by atoms with Crippen molar-refractivity contribution in [2.75, 3.05) is 0 Å². The molecule has 4 N–H and O–H groups in total. The zero-order valence-corrected chi connectivity index (χ0v) is 8.00. The summed E-state index contributed by atoms with van der Waals surface area (Å²) < 4.78 is 13.4. The van der Waals surface area contributed by atoms with E-state index in [9.17, 15) is 14.0 Å². The van der Waals surface area contributed by atoms with Gasteiger partial charge >= 0.3 is 6.03 Å². The number of carbonyl (C=O) groups excluding carboxylic acids is 2. The number of hydrogen-bond acceptors (Lipinski definition) is 2. The topological polar surface area (TPSA) is 84.2 Å². The zero-order valence-electron chi connectivity index (χ0n) is 8.00. The van der Waals surface area contributed by atoms with E-state index in [-0.39, 0.29) is 5.56 Å². The highest BCUT2D eigenvalue weighted by atomic mass is 19.1. The molecular weight excluding hydrogens is 201 g/mol. The third-order valence-electron chi connectivity index (χ3n) is 1.74. The Bertz CT molecular complexity index is 406. The number of aryl methyl sites for hydroxylation is 1. The van der Waals surface area contributed by atoms with Crippen LogP contribution in [0.25, 0.3) is 0 Å². The van der Waals surface area contributed by atoms with Gasteiger partial charge in [-0.1, -0.05) is 12.1 Å². The van der Waals surface area contributed by atoms with E-state index in [0.29, 0.717) is 5.56 Å². The number of hydrazine groups is 1.